The third-order valence-electron chi connectivity index (χ3n) is 4.56. The Hall–Kier alpha value is -3.15. The molecular formula is C20H20N4O2. The first kappa shape index (κ1) is 16.3. The van der Waals surface area contributed by atoms with E-state index in [1.807, 2.05) is 41.3 Å². The third kappa shape index (κ3) is 3.59. The molecule has 132 valence electrons. The summed E-state index contributed by atoms with van der Waals surface area (Å²) < 4.78 is 5.67. The maximum absolute atomic E-state index is 12.4. The Bertz CT molecular complexity index is 892. The molecule has 1 aromatic heterocycles. The van der Waals surface area contributed by atoms with Crippen molar-refractivity contribution in [3.63, 3.8) is 0 Å². The first-order chi connectivity index (χ1) is 12.8. The summed E-state index contributed by atoms with van der Waals surface area (Å²) in [7, 11) is 0. The predicted molar refractivity (Wildman–Crippen MR) is 100 cm³/mol. The van der Waals surface area contributed by atoms with Crippen LogP contribution in [0.2, 0.25) is 0 Å². The second-order valence-corrected chi connectivity index (χ2v) is 6.20. The van der Waals surface area contributed by atoms with Crippen molar-refractivity contribution in [3.8, 4) is 5.75 Å². The van der Waals surface area contributed by atoms with Gasteiger partial charge in [-0.25, -0.2) is 0 Å². The number of fused-ring (bicyclic) bond motifs is 1. The van der Waals surface area contributed by atoms with Crippen molar-refractivity contribution >= 4 is 22.6 Å². The lowest BCUT2D eigenvalue weighted by molar-refractivity contribution is -0.133. The number of piperazine rings is 1. The number of hydrogen-bond donors (Lipinski definition) is 0. The van der Waals surface area contributed by atoms with Crippen molar-refractivity contribution in [2.24, 2.45) is 0 Å². The standard InChI is InChI=1S/C20H20N4O2/c25-20(15-26-17-6-7-18-19(14-17)22-9-8-21-18)24-12-10-23(11-13-24)16-4-2-1-3-5-16/h1-9,14H,10-13,15H2. The minimum atomic E-state index is 0.0111. The molecule has 0 radical (unpaired) electrons. The molecule has 0 unspecified atom stereocenters. The highest BCUT2D eigenvalue weighted by atomic mass is 16.5. The van der Waals surface area contributed by atoms with E-state index in [1.165, 1.54) is 5.69 Å². The van der Waals surface area contributed by atoms with Gasteiger partial charge in [0.1, 0.15) is 5.75 Å². The fourth-order valence-corrected chi connectivity index (χ4v) is 3.12. The quantitative estimate of drug-likeness (QED) is 0.724. The lowest BCUT2D eigenvalue weighted by Gasteiger charge is -2.36. The van der Waals surface area contributed by atoms with Crippen molar-refractivity contribution < 1.29 is 9.53 Å². The van der Waals surface area contributed by atoms with E-state index in [-0.39, 0.29) is 12.5 Å². The van der Waals surface area contributed by atoms with Crippen molar-refractivity contribution in [2.75, 3.05) is 37.7 Å². The second-order valence-electron chi connectivity index (χ2n) is 6.20. The van der Waals surface area contributed by atoms with Crippen LogP contribution in [0.5, 0.6) is 5.75 Å². The van der Waals surface area contributed by atoms with Gasteiger partial charge >= 0.3 is 0 Å². The number of nitrogens with zero attached hydrogens (tertiary/aromatic N) is 4. The Labute approximate surface area is 152 Å². The van der Waals surface area contributed by atoms with Gasteiger partial charge in [-0.3, -0.25) is 14.8 Å². The van der Waals surface area contributed by atoms with Gasteiger partial charge in [0.2, 0.25) is 0 Å². The highest BCUT2D eigenvalue weighted by molar-refractivity contribution is 5.79. The average molecular weight is 348 g/mol. The monoisotopic (exact) mass is 348 g/mol. The lowest BCUT2D eigenvalue weighted by Crippen LogP contribution is -2.50. The molecule has 6 heteroatoms. The molecule has 0 N–H and O–H groups in total. The number of amides is 1. The van der Waals surface area contributed by atoms with Crippen LogP contribution in [0.3, 0.4) is 0 Å². The molecular weight excluding hydrogens is 328 g/mol. The van der Waals surface area contributed by atoms with Crippen molar-refractivity contribution in [3.05, 3.63) is 60.9 Å². The van der Waals surface area contributed by atoms with E-state index >= 15 is 0 Å². The molecule has 6 nitrogen and oxygen atoms in total. The molecule has 0 saturated carbocycles. The minimum Gasteiger partial charge on any atom is -0.484 e. The summed E-state index contributed by atoms with van der Waals surface area (Å²) in [5.74, 6) is 0.645. The molecule has 4 rings (SSSR count). The third-order valence-corrected chi connectivity index (χ3v) is 4.56. The van der Waals surface area contributed by atoms with Crippen LogP contribution >= 0.6 is 0 Å². The van der Waals surface area contributed by atoms with E-state index in [9.17, 15) is 4.79 Å². The lowest BCUT2D eigenvalue weighted by atomic mass is 10.2. The van der Waals surface area contributed by atoms with Gasteiger partial charge in [0.15, 0.2) is 6.61 Å². The molecule has 2 aromatic carbocycles. The van der Waals surface area contributed by atoms with Crippen molar-refractivity contribution in [1.82, 2.24) is 14.9 Å². The van der Waals surface area contributed by atoms with E-state index in [2.05, 4.69) is 27.0 Å². The maximum atomic E-state index is 12.4. The van der Waals surface area contributed by atoms with Crippen LogP contribution in [0.25, 0.3) is 11.0 Å². The maximum Gasteiger partial charge on any atom is 0.260 e. The minimum absolute atomic E-state index is 0.0111. The number of aromatic nitrogens is 2. The summed E-state index contributed by atoms with van der Waals surface area (Å²) in [5, 5.41) is 0. The van der Waals surface area contributed by atoms with Gasteiger partial charge in [0, 0.05) is 50.3 Å². The van der Waals surface area contributed by atoms with Crippen LogP contribution in [0.4, 0.5) is 5.69 Å². The highest BCUT2D eigenvalue weighted by Gasteiger charge is 2.21. The number of carbonyl (C=O) groups is 1. The Morgan fingerprint density at radius 3 is 2.42 bits per heavy atom. The molecule has 26 heavy (non-hydrogen) atoms. The molecule has 0 aliphatic carbocycles. The molecule has 0 atom stereocenters. The van der Waals surface area contributed by atoms with Crippen LogP contribution in [-0.2, 0) is 4.79 Å². The number of hydrogen-bond acceptors (Lipinski definition) is 5. The Morgan fingerprint density at radius 2 is 1.65 bits per heavy atom. The number of ether oxygens (including phenoxy) is 1. The van der Waals surface area contributed by atoms with Gasteiger partial charge < -0.3 is 14.5 Å². The van der Waals surface area contributed by atoms with E-state index < -0.39 is 0 Å². The second kappa shape index (κ2) is 7.39. The number of carbonyl (C=O) groups excluding carboxylic acids is 1. The summed E-state index contributed by atoms with van der Waals surface area (Å²) in [6, 6.07) is 15.8. The summed E-state index contributed by atoms with van der Waals surface area (Å²) in [5.41, 5.74) is 2.77. The van der Waals surface area contributed by atoms with Gasteiger partial charge in [-0.15, -0.1) is 0 Å². The molecule has 0 bridgehead atoms. The highest BCUT2D eigenvalue weighted by Crippen LogP contribution is 2.18. The van der Waals surface area contributed by atoms with Crippen LogP contribution in [0, 0.1) is 0 Å². The van der Waals surface area contributed by atoms with Gasteiger partial charge in [-0.2, -0.15) is 0 Å². The van der Waals surface area contributed by atoms with E-state index in [0.29, 0.717) is 18.8 Å². The normalized spacial score (nSPS) is 14.5. The molecule has 0 spiro atoms. The molecule has 1 saturated heterocycles. The van der Waals surface area contributed by atoms with Crippen LogP contribution in [0.15, 0.2) is 60.9 Å². The van der Waals surface area contributed by atoms with Gasteiger partial charge in [-0.1, -0.05) is 18.2 Å². The largest absolute Gasteiger partial charge is 0.484 e. The van der Waals surface area contributed by atoms with Gasteiger partial charge in [-0.05, 0) is 24.3 Å². The smallest absolute Gasteiger partial charge is 0.260 e. The molecule has 1 fully saturated rings. The number of benzene rings is 2. The fourth-order valence-electron chi connectivity index (χ4n) is 3.12. The van der Waals surface area contributed by atoms with Crippen LogP contribution in [0.1, 0.15) is 0 Å². The molecule has 2 heterocycles. The average Bonchev–Trinajstić information content (AvgIpc) is 2.72. The van der Waals surface area contributed by atoms with Crippen molar-refractivity contribution in [2.45, 2.75) is 0 Å². The Balaban J connectivity index is 1.31. The van der Waals surface area contributed by atoms with E-state index in [0.717, 1.165) is 24.1 Å². The first-order valence-corrected chi connectivity index (χ1v) is 8.71. The summed E-state index contributed by atoms with van der Waals surface area (Å²) in [4.78, 5) is 25.1. The molecule has 1 aliphatic heterocycles. The van der Waals surface area contributed by atoms with E-state index in [4.69, 9.17) is 4.74 Å². The summed E-state index contributed by atoms with van der Waals surface area (Å²) in [6.07, 6.45) is 3.30. The zero-order valence-corrected chi connectivity index (χ0v) is 14.4. The summed E-state index contributed by atoms with van der Waals surface area (Å²) in [6.45, 7) is 3.13. The van der Waals surface area contributed by atoms with Gasteiger partial charge in [0.25, 0.3) is 5.91 Å². The Morgan fingerprint density at radius 1 is 0.923 bits per heavy atom. The number of rotatable bonds is 4. The summed E-state index contributed by atoms with van der Waals surface area (Å²) >= 11 is 0. The number of anilines is 1. The zero-order chi connectivity index (χ0) is 17.8. The van der Waals surface area contributed by atoms with Crippen molar-refractivity contribution in [1.29, 1.82) is 0 Å². The SMILES string of the molecule is O=C(COc1ccc2nccnc2c1)N1CCN(c2ccccc2)CC1. The zero-order valence-electron chi connectivity index (χ0n) is 14.4. The first-order valence-electron chi connectivity index (χ1n) is 8.71. The van der Waals surface area contributed by atoms with E-state index in [1.54, 1.807) is 12.4 Å². The fraction of sp³-hybridized carbons (Fsp3) is 0.250. The molecule has 1 amide bonds. The number of para-hydroxylation sites is 1. The molecule has 3 aromatic rings. The predicted octanol–water partition coefficient (Wildman–Crippen LogP) is 2.36. The Kier molecular flexibility index (Phi) is 4.64. The molecule has 1 aliphatic rings. The van der Waals surface area contributed by atoms with Crippen LogP contribution < -0.4 is 9.64 Å². The topological polar surface area (TPSA) is 58.6 Å². The van der Waals surface area contributed by atoms with Crippen LogP contribution in [-0.4, -0.2) is 53.6 Å². The van der Waals surface area contributed by atoms with Gasteiger partial charge in [0.05, 0.1) is 11.0 Å².